The maximum atomic E-state index is 13.9. The van der Waals surface area contributed by atoms with E-state index in [1.54, 1.807) is 27.8 Å². The molecule has 1 spiro atoms. The second kappa shape index (κ2) is 10.0. The van der Waals surface area contributed by atoms with Crippen LogP contribution in [0, 0.1) is 5.82 Å². The Morgan fingerprint density at radius 2 is 1.85 bits per heavy atom. The maximum absolute atomic E-state index is 13.9. The number of aliphatic hydroxyl groups excluding tert-OH is 1. The first-order chi connectivity index (χ1) is 18.9. The molecule has 10 heteroatoms. The summed E-state index contributed by atoms with van der Waals surface area (Å²) in [6.45, 7) is 1.41. The van der Waals surface area contributed by atoms with Crippen LogP contribution in [-0.4, -0.2) is 60.6 Å². The number of aromatic nitrogens is 4. The maximum Gasteiger partial charge on any atom is 0.255 e. The highest BCUT2D eigenvalue weighted by molar-refractivity contribution is 5.94. The molecule has 1 N–H and O–H groups in total. The second-order valence-electron chi connectivity index (χ2n) is 10.0. The van der Waals surface area contributed by atoms with E-state index in [2.05, 4.69) is 9.97 Å². The number of carbonyl (C=O) groups excluding carboxylic acids is 1. The summed E-state index contributed by atoms with van der Waals surface area (Å²) >= 11 is 0. The van der Waals surface area contributed by atoms with Gasteiger partial charge >= 0.3 is 0 Å². The summed E-state index contributed by atoms with van der Waals surface area (Å²) in [5.41, 5.74) is 1.18. The molecule has 2 aromatic heterocycles. The fraction of sp³-hybridized carbons (Fsp3) is 0.276. The Kier molecular flexibility index (Phi) is 6.40. The number of likely N-dealkylation sites (tertiary alicyclic amines) is 1. The Hall–Kier alpha value is -4.44. The predicted octanol–water partition coefficient (Wildman–Crippen LogP) is 3.07. The molecule has 1 saturated heterocycles. The van der Waals surface area contributed by atoms with E-state index in [4.69, 9.17) is 4.98 Å². The van der Waals surface area contributed by atoms with Gasteiger partial charge in [0.1, 0.15) is 12.1 Å². The van der Waals surface area contributed by atoms with E-state index >= 15 is 0 Å². The Morgan fingerprint density at radius 1 is 1.03 bits per heavy atom. The van der Waals surface area contributed by atoms with Crippen molar-refractivity contribution in [2.24, 2.45) is 0 Å². The number of β-amino-alcohol motifs (C(OH)–C–C–N with tert-alkyl or cyclic N) is 1. The monoisotopic (exact) mass is 526 g/mol. The van der Waals surface area contributed by atoms with Gasteiger partial charge in [0.25, 0.3) is 11.5 Å². The van der Waals surface area contributed by atoms with E-state index in [0.717, 1.165) is 5.56 Å². The van der Waals surface area contributed by atoms with Crippen LogP contribution in [0.3, 0.4) is 0 Å². The van der Waals surface area contributed by atoms with Crippen LogP contribution in [0.4, 0.5) is 10.3 Å². The van der Waals surface area contributed by atoms with Gasteiger partial charge in [0, 0.05) is 37.5 Å². The molecule has 198 valence electrons. The van der Waals surface area contributed by atoms with E-state index in [1.807, 2.05) is 35.2 Å². The normalized spacial score (nSPS) is 19.2. The van der Waals surface area contributed by atoms with Crippen molar-refractivity contribution in [1.82, 2.24) is 24.4 Å². The van der Waals surface area contributed by atoms with Crippen LogP contribution in [0.15, 0.2) is 84.0 Å². The number of amides is 1. The molecule has 6 rings (SSSR count). The number of carbonyl (C=O) groups is 1. The van der Waals surface area contributed by atoms with Crippen LogP contribution >= 0.6 is 0 Å². The van der Waals surface area contributed by atoms with Gasteiger partial charge in [-0.15, -0.1) is 0 Å². The van der Waals surface area contributed by atoms with Crippen molar-refractivity contribution >= 4 is 11.9 Å². The Labute approximate surface area is 224 Å². The van der Waals surface area contributed by atoms with Crippen LogP contribution in [0.25, 0.3) is 11.4 Å². The lowest BCUT2D eigenvalue weighted by Crippen LogP contribution is -2.58. The smallest absolute Gasteiger partial charge is 0.255 e. The molecule has 39 heavy (non-hydrogen) atoms. The average molecular weight is 527 g/mol. The average Bonchev–Trinajstić information content (AvgIpc) is 3.39. The molecule has 4 aromatic rings. The lowest BCUT2D eigenvalue weighted by atomic mass is 9.89. The van der Waals surface area contributed by atoms with Gasteiger partial charge in [-0.1, -0.05) is 36.4 Å². The quantitative estimate of drug-likeness (QED) is 0.426. The van der Waals surface area contributed by atoms with E-state index in [-0.39, 0.29) is 18.0 Å². The predicted molar refractivity (Wildman–Crippen MR) is 143 cm³/mol. The van der Waals surface area contributed by atoms with Gasteiger partial charge in [-0.25, -0.2) is 19.3 Å². The van der Waals surface area contributed by atoms with Crippen molar-refractivity contribution in [3.63, 3.8) is 0 Å². The molecule has 0 saturated carbocycles. The van der Waals surface area contributed by atoms with E-state index in [0.29, 0.717) is 55.4 Å². The number of hydrogen-bond donors (Lipinski definition) is 1. The molecule has 0 radical (unpaired) electrons. The third kappa shape index (κ3) is 4.67. The minimum atomic E-state index is -0.859. The first-order valence-electron chi connectivity index (χ1n) is 12.9. The van der Waals surface area contributed by atoms with Crippen molar-refractivity contribution in [2.45, 2.75) is 31.0 Å². The van der Waals surface area contributed by atoms with Gasteiger partial charge in [0.05, 0.1) is 29.6 Å². The molecule has 1 unspecified atom stereocenters. The van der Waals surface area contributed by atoms with Gasteiger partial charge in [-0.2, -0.15) is 0 Å². The second-order valence-corrected chi connectivity index (χ2v) is 10.0. The third-order valence-corrected chi connectivity index (χ3v) is 7.68. The molecule has 4 heterocycles. The Balaban J connectivity index is 1.40. The minimum absolute atomic E-state index is 0.172. The third-order valence-electron chi connectivity index (χ3n) is 7.68. The van der Waals surface area contributed by atoms with Crippen molar-refractivity contribution < 1.29 is 14.3 Å². The Bertz CT molecular complexity index is 1560. The van der Waals surface area contributed by atoms with Gasteiger partial charge in [-0.05, 0) is 42.7 Å². The van der Waals surface area contributed by atoms with Crippen molar-refractivity contribution in [3.8, 4) is 11.4 Å². The highest BCUT2D eigenvalue weighted by Crippen LogP contribution is 2.40. The highest BCUT2D eigenvalue weighted by atomic mass is 19.1. The summed E-state index contributed by atoms with van der Waals surface area (Å²) in [6, 6.07) is 18.2. The van der Waals surface area contributed by atoms with Gasteiger partial charge in [0.2, 0.25) is 5.95 Å². The molecule has 9 nitrogen and oxygen atoms in total. The standard InChI is InChI=1S/C29H27FN6O3/c30-22-8-4-7-21(15-22)27(39)34-13-10-29(18-34)11-14-35-26(38)16-24(23-9-12-31-19-32-23)33-28(35)36(29)17-25(37)20-5-2-1-3-6-20/h1-9,12,15-16,19,25,37H,10-11,13-14,17-18H2/t25-,29?/m1/s1. The fourth-order valence-corrected chi connectivity index (χ4v) is 5.64. The number of hydrogen-bond acceptors (Lipinski definition) is 7. The van der Waals surface area contributed by atoms with Gasteiger partial charge in [-0.3, -0.25) is 14.2 Å². The van der Waals surface area contributed by atoms with Crippen LogP contribution < -0.4 is 10.5 Å². The van der Waals surface area contributed by atoms with Crippen molar-refractivity contribution in [3.05, 3.63) is 107 Å². The van der Waals surface area contributed by atoms with Crippen LogP contribution in [0.1, 0.15) is 34.9 Å². The van der Waals surface area contributed by atoms with Crippen molar-refractivity contribution in [2.75, 3.05) is 24.5 Å². The largest absolute Gasteiger partial charge is 0.387 e. The van der Waals surface area contributed by atoms with Gasteiger partial charge < -0.3 is 14.9 Å². The molecule has 0 bridgehead atoms. The van der Waals surface area contributed by atoms with E-state index in [9.17, 15) is 19.1 Å². The molecule has 2 aromatic carbocycles. The van der Waals surface area contributed by atoms with E-state index in [1.165, 1.54) is 30.6 Å². The fourth-order valence-electron chi connectivity index (χ4n) is 5.64. The zero-order valence-electron chi connectivity index (χ0n) is 21.2. The lowest BCUT2D eigenvalue weighted by molar-refractivity contribution is 0.0777. The summed E-state index contributed by atoms with van der Waals surface area (Å²) in [7, 11) is 0. The molecular formula is C29H27FN6O3. The molecule has 2 atom stereocenters. The minimum Gasteiger partial charge on any atom is -0.387 e. The molecule has 1 fully saturated rings. The molecular weight excluding hydrogens is 499 g/mol. The Morgan fingerprint density at radius 3 is 2.62 bits per heavy atom. The van der Waals surface area contributed by atoms with Gasteiger partial charge in [0.15, 0.2) is 0 Å². The number of aliphatic hydroxyl groups is 1. The number of benzene rings is 2. The lowest BCUT2D eigenvalue weighted by Gasteiger charge is -2.47. The zero-order chi connectivity index (χ0) is 27.0. The number of fused-ring (bicyclic) bond motifs is 1. The summed E-state index contributed by atoms with van der Waals surface area (Å²) in [5.74, 6) is -0.284. The SMILES string of the molecule is O=C(c1cccc(F)c1)N1CCC2(CCn3c(nc(-c4ccncn4)cc3=O)N2C[C@@H](O)c2ccccc2)C1. The molecule has 0 aliphatic carbocycles. The van der Waals surface area contributed by atoms with Crippen LogP contribution in [0.2, 0.25) is 0 Å². The zero-order valence-corrected chi connectivity index (χ0v) is 21.2. The van der Waals surface area contributed by atoms with Crippen LogP contribution in [-0.2, 0) is 6.54 Å². The number of nitrogens with zero attached hydrogens (tertiary/aromatic N) is 6. The first kappa shape index (κ1) is 24.9. The number of anilines is 1. The first-order valence-corrected chi connectivity index (χ1v) is 12.9. The molecule has 2 aliphatic rings. The highest BCUT2D eigenvalue weighted by Gasteiger charge is 2.48. The summed E-state index contributed by atoms with van der Waals surface area (Å²) in [6.07, 6.45) is 3.33. The number of rotatable bonds is 5. The molecule has 2 aliphatic heterocycles. The molecule has 1 amide bonds. The van der Waals surface area contributed by atoms with Crippen LogP contribution in [0.5, 0.6) is 0 Å². The van der Waals surface area contributed by atoms with E-state index < -0.39 is 17.5 Å². The summed E-state index contributed by atoms with van der Waals surface area (Å²) in [5, 5.41) is 11.3. The summed E-state index contributed by atoms with van der Waals surface area (Å²) < 4.78 is 15.5. The number of halogens is 1. The topological polar surface area (TPSA) is 104 Å². The summed E-state index contributed by atoms with van der Waals surface area (Å²) in [4.78, 5) is 43.4. The van der Waals surface area contributed by atoms with Crippen molar-refractivity contribution in [1.29, 1.82) is 0 Å².